The maximum absolute atomic E-state index is 10.0. The molecule has 20 heavy (non-hydrogen) atoms. The van der Waals surface area contributed by atoms with E-state index in [4.69, 9.17) is 9.84 Å². The maximum atomic E-state index is 10.0. The molecular weight excluding hydrogens is 260 g/mol. The highest BCUT2D eigenvalue weighted by molar-refractivity contribution is 5.13. The molecule has 1 saturated heterocycles. The summed E-state index contributed by atoms with van der Waals surface area (Å²) in [4.78, 5) is 0. The number of β-amino-alcohol motifs (C(OH)–C–C–N with tert-alkyl or cyclic N) is 1. The lowest BCUT2D eigenvalue weighted by Crippen LogP contribution is -2.65. The summed E-state index contributed by atoms with van der Waals surface area (Å²) in [6, 6.07) is 9.23. The van der Waals surface area contributed by atoms with Gasteiger partial charge in [-0.2, -0.15) is 0 Å². The molecule has 1 heterocycles. The first-order chi connectivity index (χ1) is 9.72. The molecule has 0 aliphatic carbocycles. The van der Waals surface area contributed by atoms with Crippen LogP contribution in [0.4, 0.5) is 0 Å². The molecule has 0 bridgehead atoms. The lowest BCUT2D eigenvalue weighted by molar-refractivity contribution is -0.0919. The first-order valence-corrected chi connectivity index (χ1v) is 6.83. The number of rotatable bonds is 6. The number of benzene rings is 1. The smallest absolute Gasteiger partial charge is 0.100 e. The van der Waals surface area contributed by atoms with Gasteiger partial charge in [0.15, 0.2) is 0 Å². The monoisotopic (exact) mass is 282 g/mol. The van der Waals surface area contributed by atoms with Gasteiger partial charge >= 0.3 is 0 Å². The van der Waals surface area contributed by atoms with Gasteiger partial charge in [0.05, 0.1) is 24.9 Å². The molecule has 0 aromatic heterocycles. The third-order valence-electron chi connectivity index (χ3n) is 3.46. The summed E-state index contributed by atoms with van der Waals surface area (Å²) in [5, 5.41) is 28.8. The van der Waals surface area contributed by atoms with Gasteiger partial charge < -0.3 is 20.1 Å². The average Bonchev–Trinajstić information content (AvgIpc) is 2.48. The number of aliphatic hydroxyl groups is 3. The zero-order valence-electron chi connectivity index (χ0n) is 11.3. The van der Waals surface area contributed by atoms with Crippen LogP contribution in [0, 0.1) is 0 Å². The van der Waals surface area contributed by atoms with Crippen molar-refractivity contribution < 1.29 is 20.1 Å². The summed E-state index contributed by atoms with van der Waals surface area (Å²) in [7, 11) is 0. The summed E-state index contributed by atoms with van der Waals surface area (Å²) in [5.41, 5.74) is 6.78. The third kappa shape index (κ3) is 3.99. The number of hydrogen-bond acceptors (Lipinski definition) is 6. The van der Waals surface area contributed by atoms with Crippen molar-refractivity contribution in [2.45, 2.75) is 37.4 Å². The molecule has 4 atom stereocenters. The summed E-state index contributed by atoms with van der Waals surface area (Å²) in [6.45, 7) is 0.634. The Morgan fingerprint density at radius 2 is 2.00 bits per heavy atom. The van der Waals surface area contributed by atoms with Crippen LogP contribution in [-0.4, -0.2) is 52.8 Å². The van der Waals surface area contributed by atoms with Crippen molar-refractivity contribution in [1.29, 1.82) is 0 Å². The van der Waals surface area contributed by atoms with Gasteiger partial charge in [0.2, 0.25) is 0 Å². The second-order valence-electron chi connectivity index (χ2n) is 4.96. The van der Waals surface area contributed by atoms with Crippen LogP contribution in [0.3, 0.4) is 0 Å². The van der Waals surface area contributed by atoms with Crippen molar-refractivity contribution in [2.75, 3.05) is 13.2 Å². The zero-order chi connectivity index (χ0) is 14.4. The van der Waals surface area contributed by atoms with Crippen LogP contribution < -0.4 is 10.9 Å². The average molecular weight is 282 g/mol. The molecule has 1 aliphatic heterocycles. The van der Waals surface area contributed by atoms with Crippen molar-refractivity contribution >= 4 is 0 Å². The molecule has 0 amide bonds. The van der Waals surface area contributed by atoms with Crippen molar-refractivity contribution in [3.05, 3.63) is 35.9 Å². The van der Waals surface area contributed by atoms with E-state index in [0.717, 1.165) is 5.56 Å². The van der Waals surface area contributed by atoms with Crippen LogP contribution >= 0.6 is 0 Å². The Hall–Kier alpha value is -1.02. The Morgan fingerprint density at radius 1 is 1.25 bits per heavy atom. The zero-order valence-corrected chi connectivity index (χ0v) is 11.3. The van der Waals surface area contributed by atoms with E-state index in [0.29, 0.717) is 13.0 Å². The minimum Gasteiger partial charge on any atom is -0.396 e. The standard InChI is InChI=1S/C14H22N2O4/c17-7-6-12(13-14(19)11(18)8-15-16-13)20-9-10-4-2-1-3-5-10/h1-5,11-19H,6-9H2/t11-,12-,13-,14+/m1/s1. The van der Waals surface area contributed by atoms with Crippen LogP contribution in [0.15, 0.2) is 30.3 Å². The molecule has 0 saturated carbocycles. The van der Waals surface area contributed by atoms with Gasteiger partial charge in [-0.1, -0.05) is 30.3 Å². The van der Waals surface area contributed by atoms with Crippen LogP contribution in [0.25, 0.3) is 0 Å². The first kappa shape index (κ1) is 15.4. The predicted octanol–water partition coefficient (Wildman–Crippen LogP) is -0.848. The molecule has 1 aromatic carbocycles. The molecule has 1 fully saturated rings. The summed E-state index contributed by atoms with van der Waals surface area (Å²) in [5.74, 6) is 0. The van der Waals surface area contributed by atoms with Gasteiger partial charge in [-0.05, 0) is 12.0 Å². The highest BCUT2D eigenvalue weighted by Crippen LogP contribution is 2.15. The fourth-order valence-electron chi connectivity index (χ4n) is 2.31. The molecule has 6 nitrogen and oxygen atoms in total. The van der Waals surface area contributed by atoms with Gasteiger partial charge in [-0.25, -0.2) is 5.43 Å². The van der Waals surface area contributed by atoms with E-state index in [2.05, 4.69) is 10.9 Å². The van der Waals surface area contributed by atoms with Gasteiger partial charge in [0, 0.05) is 13.2 Å². The first-order valence-electron chi connectivity index (χ1n) is 6.83. The number of hydrogen-bond donors (Lipinski definition) is 5. The molecule has 0 spiro atoms. The molecule has 1 aliphatic rings. The second-order valence-corrected chi connectivity index (χ2v) is 4.96. The Morgan fingerprint density at radius 3 is 2.70 bits per heavy atom. The highest BCUT2D eigenvalue weighted by Gasteiger charge is 2.36. The van der Waals surface area contributed by atoms with E-state index in [1.54, 1.807) is 0 Å². The van der Waals surface area contributed by atoms with Crippen LogP contribution in [0.1, 0.15) is 12.0 Å². The fraction of sp³-hybridized carbons (Fsp3) is 0.571. The van der Waals surface area contributed by atoms with E-state index < -0.39 is 24.4 Å². The molecule has 5 N–H and O–H groups in total. The SMILES string of the molecule is OCC[C@@H](OCc1ccccc1)[C@H]1NNC[C@@H](O)[C@@H]1O. The van der Waals surface area contributed by atoms with E-state index in [9.17, 15) is 10.2 Å². The van der Waals surface area contributed by atoms with Gasteiger partial charge in [-0.3, -0.25) is 5.43 Å². The topological polar surface area (TPSA) is 94.0 Å². The van der Waals surface area contributed by atoms with Crippen molar-refractivity contribution in [3.63, 3.8) is 0 Å². The van der Waals surface area contributed by atoms with Gasteiger partial charge in [-0.15, -0.1) is 0 Å². The number of ether oxygens (including phenoxy) is 1. The lowest BCUT2D eigenvalue weighted by Gasteiger charge is -2.37. The van der Waals surface area contributed by atoms with Crippen molar-refractivity contribution in [1.82, 2.24) is 10.9 Å². The summed E-state index contributed by atoms with van der Waals surface area (Å²) in [6.07, 6.45) is -1.78. The maximum Gasteiger partial charge on any atom is 0.100 e. The van der Waals surface area contributed by atoms with Gasteiger partial charge in [0.25, 0.3) is 0 Å². The van der Waals surface area contributed by atoms with E-state index in [-0.39, 0.29) is 13.2 Å². The minimum atomic E-state index is -0.927. The van der Waals surface area contributed by atoms with Crippen molar-refractivity contribution in [3.8, 4) is 0 Å². The Balaban J connectivity index is 1.95. The highest BCUT2D eigenvalue weighted by atomic mass is 16.5. The molecular formula is C14H22N2O4. The van der Waals surface area contributed by atoms with E-state index in [1.165, 1.54) is 0 Å². The normalized spacial score (nSPS) is 28.2. The largest absolute Gasteiger partial charge is 0.396 e. The number of aliphatic hydroxyl groups excluding tert-OH is 3. The Kier molecular flexibility index (Phi) is 5.90. The second kappa shape index (κ2) is 7.68. The van der Waals surface area contributed by atoms with Gasteiger partial charge in [0.1, 0.15) is 6.10 Å². The number of hydrazine groups is 1. The summed E-state index contributed by atoms with van der Waals surface area (Å²) >= 11 is 0. The number of nitrogens with one attached hydrogen (secondary N) is 2. The summed E-state index contributed by atoms with van der Waals surface area (Å²) < 4.78 is 5.79. The van der Waals surface area contributed by atoms with Crippen LogP contribution in [0.5, 0.6) is 0 Å². The molecule has 0 unspecified atom stereocenters. The molecule has 112 valence electrons. The fourth-order valence-corrected chi connectivity index (χ4v) is 2.31. The Bertz CT molecular complexity index is 390. The Labute approximate surface area is 118 Å². The van der Waals surface area contributed by atoms with E-state index >= 15 is 0 Å². The lowest BCUT2D eigenvalue weighted by atomic mass is 9.97. The van der Waals surface area contributed by atoms with Crippen molar-refractivity contribution in [2.24, 2.45) is 0 Å². The van der Waals surface area contributed by atoms with Crippen LogP contribution in [0.2, 0.25) is 0 Å². The molecule has 0 radical (unpaired) electrons. The third-order valence-corrected chi connectivity index (χ3v) is 3.46. The molecule has 1 aromatic rings. The molecule has 2 rings (SSSR count). The van der Waals surface area contributed by atoms with Crippen LogP contribution in [-0.2, 0) is 11.3 Å². The minimum absolute atomic E-state index is 0.0412. The quantitative estimate of drug-likeness (QED) is 0.467. The molecule has 6 heteroatoms. The van der Waals surface area contributed by atoms with E-state index in [1.807, 2.05) is 30.3 Å². The predicted molar refractivity (Wildman–Crippen MR) is 73.7 cm³/mol.